The van der Waals surface area contributed by atoms with Crippen LogP contribution in [0.5, 0.6) is 0 Å². The van der Waals surface area contributed by atoms with Crippen LogP contribution in [0.25, 0.3) is 22.3 Å². The first-order valence-electron chi connectivity index (χ1n) is 25.8. The van der Waals surface area contributed by atoms with Crippen molar-refractivity contribution in [3.05, 3.63) is 55.1 Å². The van der Waals surface area contributed by atoms with E-state index in [0.717, 1.165) is 12.7 Å². The smallest absolute Gasteiger partial charge is 0.407 e. The monoisotopic (exact) mass is 1240 g/mol. The van der Waals surface area contributed by atoms with Crippen LogP contribution in [0.2, 0.25) is 0 Å². The quantitative estimate of drug-likeness (QED) is 0.0232. The largest absolute Gasteiger partial charge is 0.455 e. The molecule has 8 rings (SSSR count). The highest BCUT2D eigenvalue weighted by molar-refractivity contribution is 8.44. The van der Waals surface area contributed by atoms with Gasteiger partial charge in [-0.05, 0) is 42.9 Å². The first kappa shape index (κ1) is 62.2. The van der Waals surface area contributed by atoms with Crippen LogP contribution in [-0.4, -0.2) is 150 Å². The van der Waals surface area contributed by atoms with Gasteiger partial charge in [-0.25, -0.2) is 53.0 Å². The molecular weight excluding hydrogens is 1180 g/mol. The van der Waals surface area contributed by atoms with Gasteiger partial charge in [-0.3, -0.25) is 46.4 Å². The van der Waals surface area contributed by atoms with Gasteiger partial charge >= 0.3 is 31.7 Å². The van der Waals surface area contributed by atoms with Gasteiger partial charge in [0.05, 0.1) is 32.5 Å². The molecule has 450 valence electrons. The molecule has 32 nitrogen and oxygen atoms in total. The number of esters is 1. The number of fused-ring (bicyclic) bond motifs is 4. The highest BCUT2D eigenvalue weighted by Gasteiger charge is 2.55. The second-order valence-electron chi connectivity index (χ2n) is 19.3. The van der Waals surface area contributed by atoms with Crippen LogP contribution >= 0.6 is 38.1 Å². The molecule has 7 heterocycles. The summed E-state index contributed by atoms with van der Waals surface area (Å²) >= 11 is 8.33. The average Bonchev–Trinajstić information content (AvgIpc) is 3.31. The molecule has 0 saturated carbocycles. The lowest BCUT2D eigenvalue weighted by Crippen LogP contribution is -2.54. The second kappa shape index (κ2) is 27.3. The van der Waals surface area contributed by atoms with Crippen LogP contribution in [-0.2, 0) is 71.9 Å². The molecule has 3 aliphatic rings. The predicted octanol–water partition coefficient (Wildman–Crippen LogP) is 2.90. The van der Waals surface area contributed by atoms with Crippen molar-refractivity contribution in [2.24, 2.45) is 11.7 Å². The van der Waals surface area contributed by atoms with E-state index in [1.807, 2.05) is 0 Å². The zero-order chi connectivity index (χ0) is 59.8. The number of primary amides is 1. The Balaban J connectivity index is 0.874. The number of alkyl halides is 1. The zero-order valence-electron chi connectivity index (χ0n) is 44.5. The number of aromatic nitrogens is 8. The fourth-order valence-electron chi connectivity index (χ4n) is 8.92. The number of nitrogens with one attached hydrogen (secondary N) is 5. The standard InChI is InChI=1S/C46H61FN16O16P2S2/c1-4-28(64)61-31(22(2)3)42(67)60-25(7-5-13-51-45(50)68)41(66)59-24-11-9-23(10-12-24)15-52-46(69)72-14-6-8-29(65)77-36-35-27(76-44(36)63-21-58-33-38(49)54-19-56-40(33)63)17-74-80(70,82)78-34-26(16-73-81(71,83)79-35)75-43(30(34)47)62-20-57-32-37(48)53-18-55-39(32)62/h9-12,18-22,25-27,30-31,34-36,43-44H,4-8,13-17H2,1-3H3,(H,52,69)(H,59,66)(H,60,67)(H,61,64)(H,70,82)(H,71,83)(H2,48,53,55)(H2,49,54,56)(H3,50,51,68)/t25-,26+,27+,30+,31-,34+,35+,36+,43+,44+,80+,81+/m0/s1. The summed E-state index contributed by atoms with van der Waals surface area (Å²) < 4.78 is 93.6. The number of halogens is 1. The first-order chi connectivity index (χ1) is 39.5. The van der Waals surface area contributed by atoms with E-state index in [-0.39, 0.29) is 97.6 Å². The van der Waals surface area contributed by atoms with Gasteiger partial charge in [-0.2, -0.15) is 0 Å². The molecule has 4 aromatic heterocycles. The van der Waals surface area contributed by atoms with Crippen LogP contribution in [0, 0.1) is 5.92 Å². The number of anilines is 3. The van der Waals surface area contributed by atoms with E-state index in [9.17, 15) is 37.9 Å². The topological polar surface area (TPSA) is 436 Å². The van der Waals surface area contributed by atoms with Gasteiger partial charge in [-0.15, -0.1) is 0 Å². The molecule has 0 bridgehead atoms. The van der Waals surface area contributed by atoms with Crippen LogP contribution < -0.4 is 43.8 Å². The summed E-state index contributed by atoms with van der Waals surface area (Å²) in [5.41, 5.74) is 18.6. The van der Waals surface area contributed by atoms with Gasteiger partial charge in [0, 0.05) is 31.6 Å². The van der Waals surface area contributed by atoms with Gasteiger partial charge in [0.1, 0.15) is 60.2 Å². The van der Waals surface area contributed by atoms with Crippen LogP contribution in [0.1, 0.15) is 70.9 Å². The van der Waals surface area contributed by atoms with E-state index < -0.39 is 118 Å². The number of thiol groups is 2. The number of rotatable bonds is 20. The number of benzene rings is 1. The number of nitrogens with zero attached hydrogens (tertiary/aromatic N) is 8. The van der Waals surface area contributed by atoms with Gasteiger partial charge in [0.25, 0.3) is 0 Å². The zero-order valence-corrected chi connectivity index (χ0v) is 48.1. The molecule has 12 atom stereocenters. The molecule has 0 aliphatic carbocycles. The molecule has 0 radical (unpaired) electrons. The molecule has 3 aliphatic heterocycles. The molecule has 1 aromatic carbocycles. The van der Waals surface area contributed by atoms with Gasteiger partial charge in [0.2, 0.25) is 17.7 Å². The number of nitrogens with two attached hydrogens (primary N) is 3. The number of alkyl carbamates (subject to hydrolysis) is 1. The molecule has 0 unspecified atom stereocenters. The highest BCUT2D eigenvalue weighted by atomic mass is 32.7. The minimum absolute atomic E-state index is 0.00708. The molecule has 11 N–H and O–H groups in total. The van der Waals surface area contributed by atoms with Crippen LogP contribution in [0.4, 0.5) is 31.3 Å². The van der Waals surface area contributed by atoms with Gasteiger partial charge in [-0.1, -0.05) is 57.4 Å². The minimum Gasteiger partial charge on any atom is -0.455 e. The highest BCUT2D eigenvalue weighted by Crippen LogP contribution is 2.60. The number of carbonyl (C=O) groups excluding carboxylic acids is 6. The van der Waals surface area contributed by atoms with E-state index in [4.69, 9.17) is 54.2 Å². The first-order valence-corrected chi connectivity index (χ1v) is 31.2. The number of imidazole rings is 2. The predicted molar refractivity (Wildman–Crippen MR) is 295 cm³/mol. The lowest BCUT2D eigenvalue weighted by Gasteiger charge is -2.29. The number of hydrogen-bond donors (Lipinski definition) is 10. The molecular formula is C46H61FN16O16P2S2. The third-order valence-electron chi connectivity index (χ3n) is 13.1. The molecule has 83 heavy (non-hydrogen) atoms. The van der Waals surface area contributed by atoms with Crippen molar-refractivity contribution in [3.8, 4) is 0 Å². The van der Waals surface area contributed by atoms with E-state index in [2.05, 4.69) is 81.0 Å². The van der Waals surface area contributed by atoms with Gasteiger partial charge < -0.3 is 62.7 Å². The number of hydrogen-bond acceptors (Lipinski definition) is 24. The minimum atomic E-state index is -4.60. The molecule has 3 saturated heterocycles. The lowest BCUT2D eigenvalue weighted by atomic mass is 10.0. The van der Waals surface area contributed by atoms with Crippen LogP contribution in [0.15, 0.2) is 49.6 Å². The summed E-state index contributed by atoms with van der Waals surface area (Å²) in [6, 6.07) is 3.69. The molecule has 0 spiro atoms. The summed E-state index contributed by atoms with van der Waals surface area (Å²) in [4.78, 5) is 101. The number of amides is 6. The van der Waals surface area contributed by atoms with Crippen molar-refractivity contribution in [1.29, 1.82) is 0 Å². The fraction of sp³-hybridized carbons (Fsp3) is 0.522. The van der Waals surface area contributed by atoms with Crippen molar-refractivity contribution in [1.82, 2.24) is 60.3 Å². The van der Waals surface area contributed by atoms with Crippen molar-refractivity contribution in [3.63, 3.8) is 0 Å². The third-order valence-corrected chi connectivity index (χ3v) is 16.3. The second-order valence-corrected chi connectivity index (χ2v) is 25.0. The SMILES string of the molecule is CCC(=O)N[C@H](C(=O)N[C@@H](CCCNC(N)=O)C(=O)Nc1ccc(CNC(=O)OCCCC(=O)O[C@@H]2[C@@H]3O[P@](=O)(S)OC[C@H]4O[C@@H](n5cnc6c(N)ncnc65)[C@H](F)[C@@H]4O[P@](=O)(S)OC[C@H]3O[C@H]2n2cnc3c(N)ncnc32)cc1)C(C)C. The van der Waals surface area contributed by atoms with Crippen molar-refractivity contribution >= 4 is 114 Å². The summed E-state index contributed by atoms with van der Waals surface area (Å²) in [5.74, 6) is -2.64. The Morgan fingerprint density at radius 3 is 1.99 bits per heavy atom. The maximum atomic E-state index is 16.4. The third kappa shape index (κ3) is 15.7. The Labute approximate surface area is 482 Å². The van der Waals surface area contributed by atoms with E-state index in [0.29, 0.717) is 11.3 Å². The maximum absolute atomic E-state index is 16.4. The van der Waals surface area contributed by atoms with Gasteiger partial charge in [0.15, 0.2) is 47.7 Å². The normalized spacial score (nSPS) is 26.1. The number of carbonyl (C=O) groups is 6. The molecule has 3 fully saturated rings. The Morgan fingerprint density at radius 2 is 1.39 bits per heavy atom. The van der Waals surface area contributed by atoms with E-state index >= 15 is 4.39 Å². The molecule has 6 amide bonds. The van der Waals surface area contributed by atoms with E-state index in [1.165, 1.54) is 21.8 Å². The van der Waals surface area contributed by atoms with Crippen LogP contribution in [0.3, 0.4) is 0 Å². The number of urea groups is 1. The lowest BCUT2D eigenvalue weighted by molar-refractivity contribution is -0.158. The summed E-state index contributed by atoms with van der Waals surface area (Å²) in [5, 5.41) is 13.2. The molecule has 37 heteroatoms. The summed E-state index contributed by atoms with van der Waals surface area (Å²) in [7, 11) is 0. The summed E-state index contributed by atoms with van der Waals surface area (Å²) in [6.45, 7) is -5.60. The van der Waals surface area contributed by atoms with Crippen molar-refractivity contribution in [2.45, 2.75) is 121 Å². The number of nitrogen functional groups attached to an aromatic ring is 2. The average molecular weight is 1240 g/mol. The van der Waals surface area contributed by atoms with E-state index in [1.54, 1.807) is 45.0 Å². The number of ether oxygens (including phenoxy) is 4. The van der Waals surface area contributed by atoms with Crippen molar-refractivity contribution in [2.75, 3.05) is 43.1 Å². The Hall–Kier alpha value is -6.81. The fourth-order valence-corrected chi connectivity index (χ4v) is 11.9. The Morgan fingerprint density at radius 1 is 0.795 bits per heavy atom. The summed E-state index contributed by atoms with van der Waals surface area (Å²) in [6.07, 6.45) is -8.73. The molecule has 5 aromatic rings. The maximum Gasteiger partial charge on any atom is 0.407 e. The Kier molecular flexibility index (Phi) is 20.5. The van der Waals surface area contributed by atoms with Crippen molar-refractivity contribution < 1.29 is 79.3 Å². The Bertz CT molecular complexity index is 3280.